The summed E-state index contributed by atoms with van der Waals surface area (Å²) in [5.74, 6) is 3.00. The lowest BCUT2D eigenvalue weighted by Crippen LogP contribution is -2.36. The van der Waals surface area contributed by atoms with Gasteiger partial charge in [-0.3, -0.25) is 0 Å². The number of hydrogen-bond donors (Lipinski definition) is 3. The quantitative estimate of drug-likeness (QED) is 0.420. The summed E-state index contributed by atoms with van der Waals surface area (Å²) in [5.41, 5.74) is 7.02. The molecule has 0 aromatic carbocycles. The van der Waals surface area contributed by atoms with Gasteiger partial charge in [0.2, 0.25) is 0 Å². The number of fused-ring (bicyclic) bond motifs is 3. The molecule has 6 rings (SSSR count). The van der Waals surface area contributed by atoms with Crippen LogP contribution in [0.5, 0.6) is 0 Å². The Morgan fingerprint density at radius 2 is 2.09 bits per heavy atom. The Labute approximate surface area is 193 Å². The molecule has 2 aromatic heterocycles. The Bertz CT molecular complexity index is 1270. The molecule has 3 unspecified atom stereocenters. The molecule has 0 amide bonds. The minimum Gasteiger partial charge on any atom is -0.387 e. The predicted octanol–water partition coefficient (Wildman–Crippen LogP) is 2.40. The molecule has 0 bridgehead atoms. The summed E-state index contributed by atoms with van der Waals surface area (Å²) in [5, 5.41) is 10.3. The van der Waals surface area contributed by atoms with Crippen molar-refractivity contribution in [2.24, 2.45) is 40.9 Å². The lowest BCUT2D eigenvalue weighted by molar-refractivity contribution is -0.159. The number of aryl methyl sites for hydroxylation is 1. The summed E-state index contributed by atoms with van der Waals surface area (Å²) in [6.07, 6.45) is -0.819. The first-order valence-electron chi connectivity index (χ1n) is 11.5. The van der Waals surface area contributed by atoms with E-state index in [4.69, 9.17) is 16.1 Å². The molecule has 4 N–H and O–H groups in total. The molecule has 3 saturated carbocycles. The van der Waals surface area contributed by atoms with Crippen LogP contribution in [-0.2, 0) is 7.05 Å². The molecular formula is C22H26F3N9. The number of nitrogens with one attached hydrogen (secondary N) is 2. The molecule has 180 valence electrons. The number of halogens is 3. The second kappa shape index (κ2) is 6.77. The van der Waals surface area contributed by atoms with E-state index in [2.05, 4.69) is 25.2 Å². The number of nitrogens with zero attached hydrogens (tertiary/aromatic N) is 6. The van der Waals surface area contributed by atoms with Gasteiger partial charge in [-0.15, -0.1) is 0 Å². The van der Waals surface area contributed by atoms with Crippen LogP contribution >= 0.6 is 0 Å². The van der Waals surface area contributed by atoms with Crippen molar-refractivity contribution in [2.75, 3.05) is 18.0 Å². The van der Waals surface area contributed by atoms with Crippen LogP contribution in [-0.4, -0.2) is 56.9 Å². The highest BCUT2D eigenvalue weighted by atomic mass is 19.4. The fourth-order valence-electron chi connectivity index (χ4n) is 6.73. The van der Waals surface area contributed by atoms with Crippen molar-refractivity contribution in [1.82, 2.24) is 24.8 Å². The van der Waals surface area contributed by atoms with E-state index in [9.17, 15) is 13.2 Å². The zero-order valence-electron chi connectivity index (χ0n) is 19.1. The average molecular weight is 474 g/mol. The molecule has 9 nitrogen and oxygen atoms in total. The summed E-state index contributed by atoms with van der Waals surface area (Å²) in [4.78, 5) is 20.0. The van der Waals surface area contributed by atoms with E-state index in [1.807, 2.05) is 0 Å². The fourth-order valence-corrected chi connectivity index (χ4v) is 6.73. The van der Waals surface area contributed by atoms with Gasteiger partial charge in [0.05, 0.1) is 11.4 Å². The number of alkyl halides is 3. The summed E-state index contributed by atoms with van der Waals surface area (Å²) in [6.45, 7) is 4.22. The van der Waals surface area contributed by atoms with Crippen LogP contribution < -0.4 is 16.0 Å². The SMILES string of the molecule is CCN[C@H](c1nc2c(N3CC4C5CC6[C@@H]3[C@]546)nc(/C(C=N)=C/N=C(C)N)nc2n1C)C(F)(F)F. The van der Waals surface area contributed by atoms with Crippen molar-refractivity contribution < 1.29 is 13.2 Å². The van der Waals surface area contributed by atoms with Gasteiger partial charge < -0.3 is 25.9 Å². The van der Waals surface area contributed by atoms with E-state index in [1.165, 1.54) is 24.2 Å². The number of piperidine rings is 2. The van der Waals surface area contributed by atoms with E-state index in [1.54, 1.807) is 13.8 Å². The first-order valence-corrected chi connectivity index (χ1v) is 11.5. The number of anilines is 1. The second-order valence-corrected chi connectivity index (χ2v) is 9.76. The maximum absolute atomic E-state index is 13.9. The molecule has 1 saturated heterocycles. The Morgan fingerprint density at radius 3 is 2.65 bits per heavy atom. The van der Waals surface area contributed by atoms with Gasteiger partial charge in [-0.1, -0.05) is 6.92 Å². The van der Waals surface area contributed by atoms with Gasteiger partial charge in [-0.2, -0.15) is 13.2 Å². The molecule has 1 aliphatic heterocycles. The first kappa shape index (κ1) is 21.5. The smallest absolute Gasteiger partial charge is 0.387 e. The highest BCUT2D eigenvalue weighted by molar-refractivity contribution is 6.07. The largest absolute Gasteiger partial charge is 0.410 e. The molecule has 3 heterocycles. The van der Waals surface area contributed by atoms with Crippen LogP contribution in [0.1, 0.15) is 38.0 Å². The van der Waals surface area contributed by atoms with Crippen LogP contribution in [0, 0.1) is 28.6 Å². The molecule has 4 aliphatic rings. The number of aliphatic imine (C=N–C) groups is 1. The third-order valence-electron chi connectivity index (χ3n) is 8.15. The number of allylic oxidation sites excluding steroid dienone is 1. The van der Waals surface area contributed by atoms with Crippen molar-refractivity contribution >= 4 is 34.6 Å². The van der Waals surface area contributed by atoms with E-state index < -0.39 is 12.2 Å². The monoisotopic (exact) mass is 473 g/mol. The van der Waals surface area contributed by atoms with E-state index >= 15 is 0 Å². The average Bonchev–Trinajstić information content (AvgIpc) is 3.34. The van der Waals surface area contributed by atoms with Gasteiger partial charge in [0, 0.05) is 37.5 Å². The number of aromatic nitrogens is 4. The molecule has 3 aliphatic carbocycles. The summed E-state index contributed by atoms with van der Waals surface area (Å²) in [7, 11) is 1.54. The highest BCUT2D eigenvalue weighted by Gasteiger charge is 2.96. The summed E-state index contributed by atoms with van der Waals surface area (Å²) in [6, 6.07) is -1.55. The topological polar surface area (TPSA) is 121 Å². The Kier molecular flexibility index (Phi) is 4.28. The summed E-state index contributed by atoms with van der Waals surface area (Å²) >= 11 is 0. The van der Waals surface area contributed by atoms with Crippen molar-refractivity contribution in [2.45, 2.75) is 38.5 Å². The Balaban J connectivity index is 1.53. The molecule has 4 fully saturated rings. The van der Waals surface area contributed by atoms with Crippen LogP contribution in [0.4, 0.5) is 19.0 Å². The van der Waals surface area contributed by atoms with E-state index in [-0.39, 0.29) is 18.2 Å². The van der Waals surface area contributed by atoms with Gasteiger partial charge in [-0.25, -0.2) is 19.9 Å². The van der Waals surface area contributed by atoms with Crippen molar-refractivity contribution in [1.29, 1.82) is 5.41 Å². The Hall–Kier alpha value is -3.02. The molecule has 2 aromatic rings. The zero-order valence-corrected chi connectivity index (χ0v) is 19.1. The second-order valence-electron chi connectivity index (χ2n) is 9.76. The zero-order chi connectivity index (χ0) is 24.2. The van der Waals surface area contributed by atoms with E-state index in [0.29, 0.717) is 51.7 Å². The predicted molar refractivity (Wildman–Crippen MR) is 121 cm³/mol. The standard InChI is InChI=1S/C22H26F3N9/c1-4-28-15(22(23,24)25)20-30-14-18(33(20)3)31-17(10(6-26)7-29-9(2)27)32-19(14)34-8-13-11-5-12-16(34)21(11,12)13/h6-7,11-13,15-16,26,28H,4-5,8H2,1-3H3,(H2,27,29)/b10-7+,26-6?/t11?,12?,13?,15-,16-,21+/m1/s1. The third kappa shape index (κ3) is 2.62. The van der Waals surface area contributed by atoms with Crippen LogP contribution in [0.2, 0.25) is 0 Å². The molecule has 1 spiro atoms. The van der Waals surface area contributed by atoms with Crippen LogP contribution in [0.15, 0.2) is 11.2 Å². The van der Waals surface area contributed by atoms with Crippen LogP contribution in [0.3, 0.4) is 0 Å². The summed E-state index contributed by atoms with van der Waals surface area (Å²) < 4.78 is 43.1. The maximum Gasteiger partial charge on any atom is 0.410 e. The first-order chi connectivity index (χ1) is 16.1. The van der Waals surface area contributed by atoms with E-state index in [0.717, 1.165) is 18.7 Å². The number of nitrogens with two attached hydrogens (primary N) is 1. The van der Waals surface area contributed by atoms with Crippen molar-refractivity contribution in [3.05, 3.63) is 17.8 Å². The van der Waals surface area contributed by atoms with Crippen LogP contribution in [0.25, 0.3) is 16.7 Å². The number of imidazole rings is 1. The molecule has 0 radical (unpaired) electrons. The lowest BCUT2D eigenvalue weighted by Gasteiger charge is -2.21. The molecule has 12 heteroatoms. The maximum atomic E-state index is 13.9. The van der Waals surface area contributed by atoms with Gasteiger partial charge in [0.15, 0.2) is 28.8 Å². The van der Waals surface area contributed by atoms with Gasteiger partial charge in [0.1, 0.15) is 5.82 Å². The van der Waals surface area contributed by atoms with Crippen molar-refractivity contribution in [3.63, 3.8) is 0 Å². The van der Waals surface area contributed by atoms with Gasteiger partial charge in [-0.05, 0) is 37.6 Å². The molecular weight excluding hydrogens is 447 g/mol. The minimum absolute atomic E-state index is 0.135. The molecule has 34 heavy (non-hydrogen) atoms. The highest BCUT2D eigenvalue weighted by Crippen LogP contribution is 2.94. The number of hydrogen-bond acceptors (Lipinski definition) is 7. The van der Waals surface area contributed by atoms with Gasteiger partial charge >= 0.3 is 6.18 Å². The number of rotatable bonds is 7. The van der Waals surface area contributed by atoms with Gasteiger partial charge in [0.25, 0.3) is 0 Å². The molecule has 6 atom stereocenters. The Morgan fingerprint density at radius 1 is 1.32 bits per heavy atom. The number of amidine groups is 1. The minimum atomic E-state index is -4.52. The fraction of sp³-hybridized carbons (Fsp3) is 0.591. The van der Waals surface area contributed by atoms with Crippen molar-refractivity contribution in [3.8, 4) is 0 Å². The third-order valence-corrected chi connectivity index (χ3v) is 8.15. The normalized spacial score (nSPS) is 32.4. The lowest BCUT2D eigenvalue weighted by atomic mass is 10.0.